The second-order valence-corrected chi connectivity index (χ2v) is 7.14. The van der Waals surface area contributed by atoms with E-state index >= 15 is 0 Å². The maximum absolute atomic E-state index is 13.8. The molecule has 0 bridgehead atoms. The summed E-state index contributed by atoms with van der Waals surface area (Å²) in [6.45, 7) is 3.41. The number of hydrogen-bond donors (Lipinski definition) is 1. The summed E-state index contributed by atoms with van der Waals surface area (Å²) in [4.78, 5) is 28.4. The minimum atomic E-state index is -0.284. The Kier molecular flexibility index (Phi) is 7.01. The van der Waals surface area contributed by atoms with Crippen LogP contribution < -0.4 is 5.32 Å². The third-order valence-electron chi connectivity index (χ3n) is 4.82. The van der Waals surface area contributed by atoms with Crippen LogP contribution in [0.3, 0.4) is 0 Å². The van der Waals surface area contributed by atoms with E-state index < -0.39 is 0 Å². The molecule has 1 heterocycles. The Morgan fingerprint density at radius 2 is 1.68 bits per heavy atom. The summed E-state index contributed by atoms with van der Waals surface area (Å²) in [6, 6.07) is 13.6. The monoisotopic (exact) mass is 403 g/mol. The molecule has 0 saturated carbocycles. The van der Waals surface area contributed by atoms with E-state index in [2.05, 4.69) is 10.2 Å². The number of carbonyl (C=O) groups is 2. The molecule has 0 radical (unpaired) electrons. The molecule has 0 aromatic heterocycles. The Morgan fingerprint density at radius 3 is 2.39 bits per heavy atom. The van der Waals surface area contributed by atoms with E-state index in [0.717, 1.165) is 0 Å². The number of amides is 2. The summed E-state index contributed by atoms with van der Waals surface area (Å²) in [6.07, 6.45) is 0.240. The highest BCUT2D eigenvalue weighted by molar-refractivity contribution is 6.33. The summed E-state index contributed by atoms with van der Waals surface area (Å²) in [5, 5.41) is 3.12. The standard InChI is InChI=1S/C21H23ClFN3O2/c22-18-7-3-2-6-17(18)21(28)24-10-9-20(27)26-13-11-25(12-14-26)15-16-5-1-4-8-19(16)23/h1-8H,9-15H2,(H,24,28). The van der Waals surface area contributed by atoms with E-state index in [1.165, 1.54) is 6.07 Å². The lowest BCUT2D eigenvalue weighted by Gasteiger charge is -2.34. The van der Waals surface area contributed by atoms with Gasteiger partial charge in [-0.3, -0.25) is 14.5 Å². The van der Waals surface area contributed by atoms with Crippen LogP contribution in [0.5, 0.6) is 0 Å². The first kappa shape index (κ1) is 20.3. The van der Waals surface area contributed by atoms with Crippen LogP contribution in [0.25, 0.3) is 0 Å². The number of nitrogens with zero attached hydrogens (tertiary/aromatic N) is 2. The maximum Gasteiger partial charge on any atom is 0.252 e. The molecular weight excluding hydrogens is 381 g/mol. The van der Waals surface area contributed by atoms with Crippen molar-refractivity contribution in [2.24, 2.45) is 0 Å². The molecule has 1 aliphatic rings. The molecule has 7 heteroatoms. The van der Waals surface area contributed by atoms with E-state index in [9.17, 15) is 14.0 Å². The second kappa shape index (κ2) is 9.66. The minimum absolute atomic E-state index is 0.00463. The quantitative estimate of drug-likeness (QED) is 0.806. The smallest absolute Gasteiger partial charge is 0.252 e. The van der Waals surface area contributed by atoms with Gasteiger partial charge in [-0.25, -0.2) is 4.39 Å². The molecule has 3 rings (SSSR count). The number of rotatable bonds is 6. The molecule has 1 saturated heterocycles. The molecule has 5 nitrogen and oxygen atoms in total. The number of halogens is 2. The van der Waals surface area contributed by atoms with Crippen LogP contribution in [0, 0.1) is 5.82 Å². The third kappa shape index (κ3) is 5.30. The van der Waals surface area contributed by atoms with Crippen LogP contribution in [-0.4, -0.2) is 54.3 Å². The summed E-state index contributed by atoms with van der Waals surface area (Å²) in [5.41, 5.74) is 1.07. The van der Waals surface area contributed by atoms with Crippen LogP contribution in [-0.2, 0) is 11.3 Å². The average molecular weight is 404 g/mol. The van der Waals surface area contributed by atoms with Crippen molar-refractivity contribution in [3.8, 4) is 0 Å². The van der Waals surface area contributed by atoms with E-state index in [1.54, 1.807) is 41.3 Å². The summed E-state index contributed by atoms with van der Waals surface area (Å²) in [5.74, 6) is -0.478. The van der Waals surface area contributed by atoms with Gasteiger partial charge >= 0.3 is 0 Å². The lowest BCUT2D eigenvalue weighted by molar-refractivity contribution is -0.132. The van der Waals surface area contributed by atoms with Gasteiger partial charge in [-0.2, -0.15) is 0 Å². The Hall–Kier alpha value is -2.44. The van der Waals surface area contributed by atoms with E-state index in [4.69, 9.17) is 11.6 Å². The summed E-state index contributed by atoms with van der Waals surface area (Å²) >= 11 is 6.00. The fourth-order valence-electron chi connectivity index (χ4n) is 3.20. The molecule has 148 valence electrons. The van der Waals surface area contributed by atoms with Crippen molar-refractivity contribution in [3.05, 3.63) is 70.5 Å². The van der Waals surface area contributed by atoms with Gasteiger partial charge in [0.1, 0.15) is 5.82 Å². The van der Waals surface area contributed by atoms with E-state index in [1.807, 2.05) is 6.07 Å². The molecule has 0 aliphatic carbocycles. The molecule has 1 aliphatic heterocycles. The number of benzene rings is 2. The van der Waals surface area contributed by atoms with E-state index in [-0.39, 0.29) is 30.6 Å². The van der Waals surface area contributed by atoms with Crippen LogP contribution in [0.15, 0.2) is 48.5 Å². The number of hydrogen-bond acceptors (Lipinski definition) is 3. The molecule has 0 atom stereocenters. The van der Waals surface area contributed by atoms with Crippen LogP contribution in [0.2, 0.25) is 5.02 Å². The largest absolute Gasteiger partial charge is 0.351 e. The van der Waals surface area contributed by atoms with Crippen molar-refractivity contribution in [1.82, 2.24) is 15.1 Å². The fourth-order valence-corrected chi connectivity index (χ4v) is 3.43. The minimum Gasteiger partial charge on any atom is -0.351 e. The normalized spacial score (nSPS) is 14.7. The van der Waals surface area contributed by atoms with Gasteiger partial charge in [-0.1, -0.05) is 41.9 Å². The third-order valence-corrected chi connectivity index (χ3v) is 5.15. The Balaban J connectivity index is 1.40. The highest BCUT2D eigenvalue weighted by Crippen LogP contribution is 2.15. The fraction of sp³-hybridized carbons (Fsp3) is 0.333. The molecule has 28 heavy (non-hydrogen) atoms. The van der Waals surface area contributed by atoms with Gasteiger partial charge in [-0.05, 0) is 18.2 Å². The first-order chi connectivity index (χ1) is 13.5. The van der Waals surface area contributed by atoms with Crippen molar-refractivity contribution in [2.75, 3.05) is 32.7 Å². The van der Waals surface area contributed by atoms with Gasteiger partial charge in [0.2, 0.25) is 5.91 Å². The molecule has 1 N–H and O–H groups in total. The lowest BCUT2D eigenvalue weighted by atomic mass is 10.2. The molecule has 0 unspecified atom stereocenters. The molecule has 1 fully saturated rings. The zero-order valence-corrected chi connectivity index (χ0v) is 16.3. The maximum atomic E-state index is 13.8. The first-order valence-corrected chi connectivity index (χ1v) is 9.68. The average Bonchev–Trinajstić information content (AvgIpc) is 2.70. The first-order valence-electron chi connectivity index (χ1n) is 9.31. The zero-order valence-electron chi connectivity index (χ0n) is 15.5. The van der Waals surface area contributed by atoms with Crippen molar-refractivity contribution < 1.29 is 14.0 Å². The molecular formula is C21H23ClFN3O2. The van der Waals surface area contributed by atoms with Gasteiger partial charge < -0.3 is 10.2 Å². The molecule has 2 aromatic rings. The van der Waals surface area contributed by atoms with Crippen LogP contribution in [0.1, 0.15) is 22.3 Å². The molecule has 2 aromatic carbocycles. The van der Waals surface area contributed by atoms with Gasteiger partial charge in [-0.15, -0.1) is 0 Å². The Labute approximate surface area is 169 Å². The summed E-state index contributed by atoms with van der Waals surface area (Å²) < 4.78 is 13.8. The molecule has 0 spiro atoms. The van der Waals surface area contributed by atoms with Gasteiger partial charge in [0.25, 0.3) is 5.91 Å². The highest BCUT2D eigenvalue weighted by Gasteiger charge is 2.21. The highest BCUT2D eigenvalue weighted by atomic mass is 35.5. The Bertz CT molecular complexity index is 838. The Morgan fingerprint density at radius 1 is 1.00 bits per heavy atom. The van der Waals surface area contributed by atoms with Crippen molar-refractivity contribution in [2.45, 2.75) is 13.0 Å². The van der Waals surface area contributed by atoms with Crippen molar-refractivity contribution >= 4 is 23.4 Å². The second-order valence-electron chi connectivity index (χ2n) is 6.73. The van der Waals surface area contributed by atoms with Gasteiger partial charge in [0.15, 0.2) is 0 Å². The van der Waals surface area contributed by atoms with Crippen LogP contribution >= 0.6 is 11.6 Å². The topological polar surface area (TPSA) is 52.7 Å². The molecule has 2 amide bonds. The van der Waals surface area contributed by atoms with Gasteiger partial charge in [0, 0.05) is 51.3 Å². The lowest BCUT2D eigenvalue weighted by Crippen LogP contribution is -2.48. The predicted molar refractivity (Wildman–Crippen MR) is 107 cm³/mol. The number of carbonyl (C=O) groups excluding carboxylic acids is 2. The van der Waals surface area contributed by atoms with E-state index in [0.29, 0.717) is 48.9 Å². The number of piperazine rings is 1. The van der Waals surface area contributed by atoms with Crippen LogP contribution in [0.4, 0.5) is 4.39 Å². The zero-order chi connectivity index (χ0) is 19.9. The SMILES string of the molecule is O=C(NCCC(=O)N1CCN(Cc2ccccc2F)CC1)c1ccccc1Cl. The number of nitrogens with one attached hydrogen (secondary N) is 1. The van der Waals surface area contributed by atoms with Crippen molar-refractivity contribution in [1.29, 1.82) is 0 Å². The van der Waals surface area contributed by atoms with Gasteiger partial charge in [0.05, 0.1) is 10.6 Å². The predicted octanol–water partition coefficient (Wildman–Crippen LogP) is 2.94. The van der Waals surface area contributed by atoms with Crippen molar-refractivity contribution in [3.63, 3.8) is 0 Å². The summed E-state index contributed by atoms with van der Waals surface area (Å²) in [7, 11) is 0.